The van der Waals surface area contributed by atoms with Crippen LogP contribution in [0.25, 0.3) is 0 Å². The number of aliphatic hydroxyl groups is 1. The zero-order valence-corrected chi connectivity index (χ0v) is 3.14. The van der Waals surface area contributed by atoms with Crippen LogP contribution in [0.1, 0.15) is 0 Å². The number of hydrogen-bond acceptors (Lipinski definition) is 2. The smallest absolute Gasteiger partial charge is 0.108 e. The van der Waals surface area contributed by atoms with Gasteiger partial charge in [0.05, 0.1) is 6.61 Å². The molecule has 31 valence electrons. The van der Waals surface area contributed by atoms with Gasteiger partial charge in [0.15, 0.2) is 0 Å². The summed E-state index contributed by atoms with van der Waals surface area (Å²) in [5.41, 5.74) is 0. The van der Waals surface area contributed by atoms with E-state index in [9.17, 15) is 0 Å². The van der Waals surface area contributed by atoms with Crippen molar-refractivity contribution in [3.63, 3.8) is 0 Å². The summed E-state index contributed by atoms with van der Waals surface area (Å²) in [6.45, 7) is 1.30. The van der Waals surface area contributed by atoms with E-state index in [0.717, 1.165) is 0 Å². The van der Waals surface area contributed by atoms with E-state index in [-0.39, 0.29) is 6.61 Å². The Morgan fingerprint density at radius 2 is 2.60 bits per heavy atom. The fourth-order valence-corrected chi connectivity index (χ4v) is 0.0745. The predicted molar refractivity (Wildman–Crippen MR) is 18.4 cm³/mol. The van der Waals surface area contributed by atoms with Gasteiger partial charge in [-0.3, -0.25) is 0 Å². The van der Waals surface area contributed by atoms with Gasteiger partial charge in [0.25, 0.3) is 0 Å². The first kappa shape index (κ1) is 4.92. The van der Waals surface area contributed by atoms with Gasteiger partial charge in [-0.25, -0.2) is 0 Å². The zero-order valence-electron chi connectivity index (χ0n) is 3.14. The number of aliphatic hydroxyl groups excluding tert-OH is 1. The van der Waals surface area contributed by atoms with Crippen LogP contribution in [0.4, 0.5) is 0 Å². The molecule has 1 N–H and O–H groups in total. The van der Waals surface area contributed by atoms with Crippen LogP contribution in [0.15, 0.2) is 0 Å². The minimum absolute atomic E-state index is 0.00347. The molecule has 0 rings (SSSR count). The SMILES string of the molecule is CO[CH]CO. The van der Waals surface area contributed by atoms with E-state index in [1.165, 1.54) is 13.7 Å². The fraction of sp³-hybridized carbons (Fsp3) is 0.667. The normalized spacial score (nSPS) is 8.40. The zero-order chi connectivity index (χ0) is 4.12. The van der Waals surface area contributed by atoms with Crippen molar-refractivity contribution >= 4 is 0 Å². The molecule has 1 radical (unpaired) electrons. The second kappa shape index (κ2) is 3.92. The third-order valence-electron chi connectivity index (χ3n) is 0.241. The molecule has 0 unspecified atom stereocenters. The average Bonchev–Trinajstić information content (AvgIpc) is 1.41. The van der Waals surface area contributed by atoms with Crippen molar-refractivity contribution in [3.05, 3.63) is 6.61 Å². The number of rotatable bonds is 2. The standard InChI is InChI=1S/C3H7O2/c1-5-3-2-4/h3-4H,2H2,1H3. The summed E-state index contributed by atoms with van der Waals surface area (Å²) in [6, 6.07) is 0. The molecule has 0 saturated carbocycles. The van der Waals surface area contributed by atoms with Gasteiger partial charge in [0.2, 0.25) is 0 Å². The van der Waals surface area contributed by atoms with Gasteiger partial charge < -0.3 is 9.84 Å². The van der Waals surface area contributed by atoms with E-state index in [4.69, 9.17) is 5.11 Å². The number of methoxy groups -OCH3 is 1. The van der Waals surface area contributed by atoms with Gasteiger partial charge in [0.1, 0.15) is 6.61 Å². The summed E-state index contributed by atoms with van der Waals surface area (Å²) in [6.07, 6.45) is 0. The molecular weight excluding hydrogens is 68.0 g/mol. The molecule has 2 nitrogen and oxygen atoms in total. The Morgan fingerprint density at radius 3 is 2.60 bits per heavy atom. The predicted octanol–water partition coefficient (Wildman–Crippen LogP) is -0.213. The van der Waals surface area contributed by atoms with Gasteiger partial charge >= 0.3 is 0 Å². The number of ether oxygens (including phenoxy) is 1. The largest absolute Gasteiger partial charge is 0.394 e. The minimum Gasteiger partial charge on any atom is -0.394 e. The Kier molecular flexibility index (Phi) is 3.86. The van der Waals surface area contributed by atoms with Crippen LogP contribution in [0.2, 0.25) is 0 Å². The van der Waals surface area contributed by atoms with E-state index >= 15 is 0 Å². The van der Waals surface area contributed by atoms with Crippen LogP contribution >= 0.6 is 0 Å². The lowest BCUT2D eigenvalue weighted by Crippen LogP contribution is -1.82. The van der Waals surface area contributed by atoms with Crippen LogP contribution < -0.4 is 0 Å². The van der Waals surface area contributed by atoms with Crippen LogP contribution in [-0.4, -0.2) is 18.8 Å². The average molecular weight is 75.1 g/mol. The van der Waals surface area contributed by atoms with Crippen molar-refractivity contribution in [1.82, 2.24) is 0 Å². The Hall–Kier alpha value is -0.0800. The Labute approximate surface area is 31.4 Å². The third-order valence-corrected chi connectivity index (χ3v) is 0.241. The highest BCUT2D eigenvalue weighted by molar-refractivity contribution is 4.37. The first-order valence-corrected chi connectivity index (χ1v) is 1.37. The second-order valence-corrected chi connectivity index (χ2v) is 0.585. The minimum atomic E-state index is -0.00347. The number of hydrogen-bond donors (Lipinski definition) is 1. The van der Waals surface area contributed by atoms with Gasteiger partial charge in [0, 0.05) is 7.11 Å². The lowest BCUT2D eigenvalue weighted by molar-refractivity contribution is 0.197. The quantitative estimate of drug-likeness (QED) is 0.492. The van der Waals surface area contributed by atoms with E-state index in [1.54, 1.807) is 0 Å². The molecule has 0 atom stereocenters. The monoisotopic (exact) mass is 75.0 g/mol. The van der Waals surface area contributed by atoms with Crippen LogP contribution in [0, 0.1) is 6.61 Å². The summed E-state index contributed by atoms with van der Waals surface area (Å²) < 4.78 is 4.32. The highest BCUT2D eigenvalue weighted by Gasteiger charge is 1.68. The molecule has 0 saturated heterocycles. The van der Waals surface area contributed by atoms with Gasteiger partial charge in [-0.1, -0.05) is 0 Å². The lowest BCUT2D eigenvalue weighted by Gasteiger charge is -1.82. The van der Waals surface area contributed by atoms with Crippen molar-refractivity contribution in [2.75, 3.05) is 13.7 Å². The van der Waals surface area contributed by atoms with Crippen LogP contribution in [0.3, 0.4) is 0 Å². The highest BCUT2D eigenvalue weighted by Crippen LogP contribution is 1.66. The van der Waals surface area contributed by atoms with E-state index in [0.29, 0.717) is 0 Å². The summed E-state index contributed by atoms with van der Waals surface area (Å²) in [7, 11) is 1.50. The molecular formula is C3H7O2. The Morgan fingerprint density at radius 1 is 2.00 bits per heavy atom. The molecule has 0 aliphatic rings. The molecule has 0 aliphatic heterocycles. The summed E-state index contributed by atoms with van der Waals surface area (Å²) >= 11 is 0. The fourth-order valence-electron chi connectivity index (χ4n) is 0.0745. The Balaban J connectivity index is 2.19. The van der Waals surface area contributed by atoms with Crippen molar-refractivity contribution < 1.29 is 9.84 Å². The maximum atomic E-state index is 7.89. The maximum absolute atomic E-state index is 7.89. The first-order valence-electron chi connectivity index (χ1n) is 1.37. The molecule has 2 heteroatoms. The van der Waals surface area contributed by atoms with E-state index < -0.39 is 0 Å². The molecule has 0 aromatic rings. The molecule has 0 aromatic heterocycles. The first-order chi connectivity index (χ1) is 2.41. The highest BCUT2D eigenvalue weighted by atomic mass is 16.5. The Bertz CT molecular complexity index is 12.4. The van der Waals surface area contributed by atoms with Crippen LogP contribution in [-0.2, 0) is 4.74 Å². The molecule has 0 amide bonds. The topological polar surface area (TPSA) is 29.5 Å². The van der Waals surface area contributed by atoms with Gasteiger partial charge in [-0.2, -0.15) is 0 Å². The summed E-state index contributed by atoms with van der Waals surface area (Å²) in [5, 5.41) is 7.89. The summed E-state index contributed by atoms with van der Waals surface area (Å²) in [5.74, 6) is 0. The van der Waals surface area contributed by atoms with Crippen molar-refractivity contribution in [2.45, 2.75) is 0 Å². The molecule has 0 aliphatic carbocycles. The maximum Gasteiger partial charge on any atom is 0.108 e. The molecule has 0 heterocycles. The van der Waals surface area contributed by atoms with Gasteiger partial charge in [-0.15, -0.1) is 0 Å². The van der Waals surface area contributed by atoms with Crippen molar-refractivity contribution in [1.29, 1.82) is 0 Å². The van der Waals surface area contributed by atoms with E-state index in [1.807, 2.05) is 0 Å². The molecule has 5 heavy (non-hydrogen) atoms. The van der Waals surface area contributed by atoms with Crippen molar-refractivity contribution in [3.8, 4) is 0 Å². The van der Waals surface area contributed by atoms with Gasteiger partial charge in [-0.05, 0) is 0 Å². The van der Waals surface area contributed by atoms with Crippen LogP contribution in [0.5, 0.6) is 0 Å². The second-order valence-electron chi connectivity index (χ2n) is 0.585. The van der Waals surface area contributed by atoms with Crippen molar-refractivity contribution in [2.24, 2.45) is 0 Å². The molecule has 0 aromatic carbocycles. The lowest BCUT2D eigenvalue weighted by atomic mass is 10.8. The molecule has 0 spiro atoms. The van der Waals surface area contributed by atoms with E-state index in [2.05, 4.69) is 4.74 Å². The summed E-state index contributed by atoms with van der Waals surface area (Å²) in [4.78, 5) is 0. The molecule has 0 fully saturated rings. The third kappa shape index (κ3) is 3.92. The molecule has 0 bridgehead atoms.